The lowest BCUT2D eigenvalue weighted by atomic mass is 10.1. The Kier molecular flexibility index (Phi) is 4.99. The quantitative estimate of drug-likeness (QED) is 0.511. The van der Waals surface area contributed by atoms with E-state index in [4.69, 9.17) is 9.47 Å². The van der Waals surface area contributed by atoms with Crippen molar-refractivity contribution in [1.29, 1.82) is 0 Å². The molecule has 0 spiro atoms. The Morgan fingerprint density at radius 1 is 1.14 bits per heavy atom. The zero-order valence-electron chi connectivity index (χ0n) is 15.4. The lowest BCUT2D eigenvalue weighted by Crippen LogP contribution is -2.06. The molecule has 0 bridgehead atoms. The third-order valence-corrected chi connectivity index (χ3v) is 4.31. The average molecular weight is 383 g/mol. The number of rotatable bonds is 6. The number of hydrogen-bond donors (Lipinski definition) is 1. The van der Waals surface area contributed by atoms with Crippen LogP contribution < -0.4 is 9.47 Å². The van der Waals surface area contributed by atoms with Crippen molar-refractivity contribution >= 4 is 11.7 Å². The molecule has 1 aromatic heterocycles. The number of nitro groups is 1. The number of hydrogen-bond acceptors (Lipinski definition) is 6. The Bertz CT molecular complexity index is 1050. The number of ether oxygens (including phenoxy) is 2. The van der Waals surface area contributed by atoms with Gasteiger partial charge in [0.05, 0.1) is 41.7 Å². The van der Waals surface area contributed by atoms with E-state index in [-0.39, 0.29) is 11.4 Å². The van der Waals surface area contributed by atoms with E-state index in [1.807, 2.05) is 0 Å². The summed E-state index contributed by atoms with van der Waals surface area (Å²) in [7, 11) is 2.96. The summed E-state index contributed by atoms with van der Waals surface area (Å²) in [6.07, 6.45) is 0. The van der Waals surface area contributed by atoms with E-state index in [9.17, 15) is 20.0 Å². The van der Waals surface area contributed by atoms with Crippen molar-refractivity contribution in [3.63, 3.8) is 0 Å². The van der Waals surface area contributed by atoms with Gasteiger partial charge in [0.2, 0.25) is 0 Å². The molecule has 0 aliphatic heterocycles. The van der Waals surface area contributed by atoms with Crippen molar-refractivity contribution < 1.29 is 24.3 Å². The van der Waals surface area contributed by atoms with Gasteiger partial charge in [-0.15, -0.1) is 0 Å². The lowest BCUT2D eigenvalue weighted by Gasteiger charge is -2.15. The monoisotopic (exact) mass is 383 g/mol. The Labute approximate surface area is 159 Å². The average Bonchev–Trinajstić information content (AvgIpc) is 3.12. The molecule has 3 aromatic rings. The summed E-state index contributed by atoms with van der Waals surface area (Å²) in [4.78, 5) is 22.4. The fourth-order valence-corrected chi connectivity index (χ4v) is 2.99. The molecule has 9 nitrogen and oxygen atoms in total. The van der Waals surface area contributed by atoms with Gasteiger partial charge in [0.25, 0.3) is 5.69 Å². The minimum absolute atomic E-state index is 0.0946. The molecule has 3 rings (SSSR count). The van der Waals surface area contributed by atoms with Gasteiger partial charge in [-0.1, -0.05) is 12.1 Å². The number of nitro benzene ring substituents is 1. The first-order valence-electron chi connectivity index (χ1n) is 8.18. The van der Waals surface area contributed by atoms with Crippen molar-refractivity contribution in [2.24, 2.45) is 0 Å². The zero-order valence-corrected chi connectivity index (χ0v) is 15.4. The lowest BCUT2D eigenvalue weighted by molar-refractivity contribution is -0.385. The molecule has 0 atom stereocenters. The molecule has 1 heterocycles. The maximum atomic E-state index is 11.6. The van der Waals surface area contributed by atoms with Crippen molar-refractivity contribution in [3.05, 3.63) is 63.8 Å². The van der Waals surface area contributed by atoms with Crippen LogP contribution >= 0.6 is 0 Å². The van der Waals surface area contributed by atoms with Gasteiger partial charge in [-0.2, -0.15) is 5.10 Å². The summed E-state index contributed by atoms with van der Waals surface area (Å²) < 4.78 is 12.2. The van der Waals surface area contributed by atoms with Crippen LogP contribution in [0.1, 0.15) is 16.1 Å². The number of aromatic carboxylic acids is 1. The van der Waals surface area contributed by atoms with Gasteiger partial charge in [0.1, 0.15) is 11.5 Å². The topological polar surface area (TPSA) is 117 Å². The van der Waals surface area contributed by atoms with Gasteiger partial charge in [0, 0.05) is 6.07 Å². The van der Waals surface area contributed by atoms with Gasteiger partial charge in [-0.05, 0) is 31.2 Å². The van der Waals surface area contributed by atoms with E-state index in [1.54, 1.807) is 31.2 Å². The van der Waals surface area contributed by atoms with Crippen LogP contribution in [0.15, 0.2) is 42.5 Å². The van der Waals surface area contributed by atoms with Crippen LogP contribution in [0.5, 0.6) is 11.5 Å². The smallest absolute Gasteiger partial charge is 0.356 e. The highest BCUT2D eigenvalue weighted by atomic mass is 16.6. The normalized spacial score (nSPS) is 10.5. The molecule has 0 aliphatic rings. The highest BCUT2D eigenvalue weighted by Gasteiger charge is 2.24. The van der Waals surface area contributed by atoms with E-state index in [0.29, 0.717) is 34.0 Å². The molecule has 0 saturated heterocycles. The molecule has 9 heteroatoms. The first kappa shape index (κ1) is 18.9. The fourth-order valence-electron chi connectivity index (χ4n) is 2.99. The molecule has 144 valence electrons. The van der Waals surface area contributed by atoms with E-state index in [1.165, 1.54) is 37.1 Å². The Morgan fingerprint density at radius 2 is 1.75 bits per heavy atom. The number of methoxy groups -OCH3 is 2. The van der Waals surface area contributed by atoms with Gasteiger partial charge >= 0.3 is 5.97 Å². The largest absolute Gasteiger partial charge is 0.496 e. The highest BCUT2D eigenvalue weighted by molar-refractivity contribution is 5.88. The maximum absolute atomic E-state index is 11.6. The fraction of sp³-hybridized carbons (Fsp3) is 0.158. The summed E-state index contributed by atoms with van der Waals surface area (Å²) in [5, 5.41) is 24.9. The summed E-state index contributed by atoms with van der Waals surface area (Å²) in [6.45, 7) is 1.58. The molecular formula is C19H17N3O6. The summed E-state index contributed by atoms with van der Waals surface area (Å²) in [5.74, 6) is -0.335. The molecule has 0 unspecified atom stereocenters. The van der Waals surface area contributed by atoms with Crippen molar-refractivity contribution in [1.82, 2.24) is 9.78 Å². The third-order valence-electron chi connectivity index (χ3n) is 4.31. The Hall–Kier alpha value is -3.88. The number of nitrogens with zero attached hydrogens (tertiary/aromatic N) is 3. The second kappa shape index (κ2) is 7.39. The van der Waals surface area contributed by atoms with Crippen molar-refractivity contribution in [3.8, 4) is 28.4 Å². The van der Waals surface area contributed by atoms with Crippen LogP contribution in [0.2, 0.25) is 0 Å². The van der Waals surface area contributed by atoms with Crippen LogP contribution in [-0.2, 0) is 0 Å². The number of carbonyl (C=O) groups is 1. The Morgan fingerprint density at radius 3 is 2.29 bits per heavy atom. The number of carboxylic acid groups (broad SMARTS) is 1. The van der Waals surface area contributed by atoms with Crippen LogP contribution in [0.25, 0.3) is 16.9 Å². The van der Waals surface area contributed by atoms with Crippen molar-refractivity contribution in [2.45, 2.75) is 6.92 Å². The molecule has 2 aromatic carbocycles. The number of aromatic nitrogens is 2. The Balaban J connectivity index is 2.37. The first-order chi connectivity index (χ1) is 13.4. The van der Waals surface area contributed by atoms with E-state index >= 15 is 0 Å². The SMILES string of the molecule is COc1cccc(OC)c1-c1cc(C(=O)O)nn1-c1cccc([N+](=O)[O-])c1C. The van der Waals surface area contributed by atoms with Crippen LogP contribution in [-0.4, -0.2) is 40.0 Å². The summed E-state index contributed by atoms with van der Waals surface area (Å²) in [5.41, 5.74) is 1.28. The minimum Gasteiger partial charge on any atom is -0.496 e. The molecule has 0 amide bonds. The van der Waals surface area contributed by atoms with Crippen LogP contribution in [0.4, 0.5) is 5.69 Å². The second-order valence-corrected chi connectivity index (χ2v) is 5.85. The number of benzene rings is 2. The van der Waals surface area contributed by atoms with Gasteiger partial charge < -0.3 is 14.6 Å². The van der Waals surface area contributed by atoms with Gasteiger partial charge in [0.15, 0.2) is 5.69 Å². The first-order valence-corrected chi connectivity index (χ1v) is 8.18. The maximum Gasteiger partial charge on any atom is 0.356 e. The van der Waals surface area contributed by atoms with Gasteiger partial charge in [-0.25, -0.2) is 9.48 Å². The molecule has 0 saturated carbocycles. The second-order valence-electron chi connectivity index (χ2n) is 5.85. The molecule has 0 fully saturated rings. The van der Waals surface area contributed by atoms with Crippen LogP contribution in [0, 0.1) is 17.0 Å². The predicted octanol–water partition coefficient (Wildman–Crippen LogP) is 3.47. The summed E-state index contributed by atoms with van der Waals surface area (Å²) >= 11 is 0. The standard InChI is InChI=1S/C19H17N3O6/c1-11-13(6-4-7-14(11)22(25)26)21-15(10-12(20-21)19(23)24)18-16(27-2)8-5-9-17(18)28-3/h4-10H,1-3H3,(H,23,24). The highest BCUT2D eigenvalue weighted by Crippen LogP contribution is 2.40. The molecule has 0 aliphatic carbocycles. The van der Waals surface area contributed by atoms with Crippen molar-refractivity contribution in [2.75, 3.05) is 14.2 Å². The predicted molar refractivity (Wildman–Crippen MR) is 100 cm³/mol. The molecule has 28 heavy (non-hydrogen) atoms. The third kappa shape index (κ3) is 3.13. The zero-order chi connectivity index (χ0) is 20.4. The minimum atomic E-state index is -1.23. The number of carboxylic acids is 1. The molecular weight excluding hydrogens is 366 g/mol. The van der Waals surface area contributed by atoms with E-state index in [0.717, 1.165) is 0 Å². The van der Waals surface area contributed by atoms with E-state index in [2.05, 4.69) is 5.10 Å². The summed E-state index contributed by atoms with van der Waals surface area (Å²) in [6, 6.07) is 11.0. The van der Waals surface area contributed by atoms with Gasteiger partial charge in [-0.3, -0.25) is 10.1 Å². The molecule has 0 radical (unpaired) electrons. The molecule has 1 N–H and O–H groups in total. The van der Waals surface area contributed by atoms with E-state index < -0.39 is 10.9 Å². The van der Waals surface area contributed by atoms with Crippen LogP contribution in [0.3, 0.4) is 0 Å².